The average molecular weight is 245 g/mol. The highest BCUT2D eigenvalue weighted by Gasteiger charge is 2.08. The van der Waals surface area contributed by atoms with E-state index in [0.717, 1.165) is 9.30 Å². The lowest BCUT2D eigenvalue weighted by atomic mass is 10.4. The maximum Gasteiger partial charge on any atom is 0.124 e. The zero-order valence-electron chi connectivity index (χ0n) is 6.91. The molecule has 0 spiro atoms. The molecule has 2 aromatic heterocycles. The van der Waals surface area contributed by atoms with E-state index in [1.54, 1.807) is 11.3 Å². The molecule has 0 bridgehead atoms. The quantitative estimate of drug-likeness (QED) is 0.752. The molecule has 2 nitrogen and oxygen atoms in total. The maximum atomic E-state index is 4.30. The van der Waals surface area contributed by atoms with Crippen LogP contribution < -0.4 is 0 Å². The molecule has 2 aromatic rings. The second kappa shape index (κ2) is 2.85. The van der Waals surface area contributed by atoms with E-state index >= 15 is 0 Å². The number of nitrogens with zero attached hydrogens (tertiary/aromatic N) is 2. The molecule has 0 fully saturated rings. The summed E-state index contributed by atoms with van der Waals surface area (Å²) in [5, 5.41) is 0. The first kappa shape index (κ1) is 8.26. The number of hydrogen-bond acceptors (Lipinski definition) is 2. The molecule has 0 aliphatic rings. The summed E-state index contributed by atoms with van der Waals surface area (Å²) < 4.78 is 3.33. The van der Waals surface area contributed by atoms with Crippen LogP contribution in [0.15, 0.2) is 16.2 Å². The van der Waals surface area contributed by atoms with Crippen molar-refractivity contribution in [3.8, 4) is 0 Å². The van der Waals surface area contributed by atoms with Gasteiger partial charge in [-0.15, -0.1) is 11.3 Å². The minimum Gasteiger partial charge on any atom is -0.320 e. The highest BCUT2D eigenvalue weighted by molar-refractivity contribution is 9.11. The second-order valence-corrected chi connectivity index (χ2v) is 5.40. The van der Waals surface area contributed by atoms with Crippen molar-refractivity contribution in [2.24, 2.45) is 0 Å². The van der Waals surface area contributed by atoms with Gasteiger partial charge in [-0.2, -0.15) is 0 Å². The van der Waals surface area contributed by atoms with Crippen molar-refractivity contribution in [1.29, 1.82) is 0 Å². The Balaban J connectivity index is 2.68. The Morgan fingerprint density at radius 2 is 2.33 bits per heavy atom. The molecule has 2 heterocycles. The number of imidazole rings is 1. The summed E-state index contributed by atoms with van der Waals surface area (Å²) in [6, 6.07) is 2.54. The number of hydrogen-bond donors (Lipinski definition) is 0. The summed E-state index contributed by atoms with van der Waals surface area (Å²) in [6.07, 6.45) is 1.90. The maximum absolute atomic E-state index is 4.30. The van der Waals surface area contributed by atoms with Gasteiger partial charge in [0.15, 0.2) is 0 Å². The Morgan fingerprint density at radius 3 is 3.00 bits per heavy atom. The van der Waals surface area contributed by atoms with Crippen molar-refractivity contribution in [3.63, 3.8) is 0 Å². The fourth-order valence-corrected chi connectivity index (χ4v) is 2.78. The Hall–Kier alpha value is -0.350. The molecule has 0 saturated carbocycles. The third kappa shape index (κ3) is 1.19. The van der Waals surface area contributed by atoms with Crippen molar-refractivity contribution < 1.29 is 0 Å². The Bertz CT molecular complexity index is 402. The van der Waals surface area contributed by atoms with Crippen LogP contribution in [0, 0.1) is 0 Å². The van der Waals surface area contributed by atoms with E-state index in [9.17, 15) is 0 Å². The molecule has 0 aromatic carbocycles. The largest absolute Gasteiger partial charge is 0.320 e. The van der Waals surface area contributed by atoms with Gasteiger partial charge < -0.3 is 4.57 Å². The molecule has 0 radical (unpaired) electrons. The lowest BCUT2D eigenvalue weighted by Gasteiger charge is -2.04. The van der Waals surface area contributed by atoms with Gasteiger partial charge in [-0.1, -0.05) is 0 Å². The number of halogens is 1. The number of rotatable bonds is 1. The predicted octanol–water partition coefficient (Wildman–Crippen LogP) is 3.44. The first-order valence-electron chi connectivity index (χ1n) is 3.80. The third-order valence-electron chi connectivity index (χ3n) is 1.78. The summed E-state index contributed by atoms with van der Waals surface area (Å²) in [6.45, 7) is 4.32. The average Bonchev–Trinajstić information content (AvgIpc) is 2.43. The van der Waals surface area contributed by atoms with E-state index in [4.69, 9.17) is 0 Å². The van der Waals surface area contributed by atoms with E-state index in [0.29, 0.717) is 6.04 Å². The summed E-state index contributed by atoms with van der Waals surface area (Å²) in [5.41, 5.74) is 1.08. The highest BCUT2D eigenvalue weighted by atomic mass is 79.9. The van der Waals surface area contributed by atoms with E-state index in [1.807, 2.05) is 6.33 Å². The van der Waals surface area contributed by atoms with Gasteiger partial charge >= 0.3 is 0 Å². The second-order valence-electron chi connectivity index (χ2n) is 2.99. The molecular weight excluding hydrogens is 236 g/mol. The molecule has 12 heavy (non-hydrogen) atoms. The van der Waals surface area contributed by atoms with E-state index in [2.05, 4.69) is 45.4 Å². The SMILES string of the molecule is CC(C)n1cnc2cc(Br)sc21. The standard InChI is InChI=1S/C8H9BrN2S/c1-5(2)11-4-10-6-3-7(9)12-8(6)11/h3-5H,1-2H3. The normalized spacial score (nSPS) is 11.7. The lowest BCUT2D eigenvalue weighted by molar-refractivity contribution is 0.620. The first-order chi connectivity index (χ1) is 5.68. The smallest absolute Gasteiger partial charge is 0.124 e. The number of thiophene rings is 1. The van der Waals surface area contributed by atoms with Crippen molar-refractivity contribution in [1.82, 2.24) is 9.55 Å². The molecule has 0 amide bonds. The Kier molecular flexibility index (Phi) is 1.96. The van der Waals surface area contributed by atoms with E-state index in [-0.39, 0.29) is 0 Å². The van der Waals surface area contributed by atoms with Crippen LogP contribution in [-0.2, 0) is 0 Å². The Morgan fingerprint density at radius 1 is 1.58 bits per heavy atom. The van der Waals surface area contributed by atoms with Crippen LogP contribution in [0.3, 0.4) is 0 Å². The zero-order valence-corrected chi connectivity index (χ0v) is 9.32. The number of aromatic nitrogens is 2. The molecule has 0 atom stereocenters. The molecule has 64 valence electrons. The van der Waals surface area contributed by atoms with Crippen molar-refractivity contribution in [2.45, 2.75) is 19.9 Å². The van der Waals surface area contributed by atoms with Gasteiger partial charge in [0.1, 0.15) is 10.3 Å². The van der Waals surface area contributed by atoms with Crippen LogP contribution in [0.4, 0.5) is 0 Å². The van der Waals surface area contributed by atoms with Crippen molar-refractivity contribution in [2.75, 3.05) is 0 Å². The van der Waals surface area contributed by atoms with Crippen LogP contribution >= 0.6 is 27.3 Å². The lowest BCUT2D eigenvalue weighted by Crippen LogP contribution is -1.96. The van der Waals surface area contributed by atoms with Gasteiger partial charge in [0, 0.05) is 6.04 Å². The topological polar surface area (TPSA) is 17.8 Å². The minimum absolute atomic E-state index is 0.487. The molecule has 2 rings (SSSR count). The molecule has 0 aliphatic heterocycles. The monoisotopic (exact) mass is 244 g/mol. The summed E-state index contributed by atoms with van der Waals surface area (Å²) in [7, 11) is 0. The van der Waals surface area contributed by atoms with Crippen LogP contribution in [0.5, 0.6) is 0 Å². The van der Waals surface area contributed by atoms with Crippen molar-refractivity contribution in [3.05, 3.63) is 16.2 Å². The minimum atomic E-state index is 0.487. The van der Waals surface area contributed by atoms with E-state index in [1.165, 1.54) is 4.83 Å². The summed E-state index contributed by atoms with van der Waals surface area (Å²) in [5.74, 6) is 0. The van der Waals surface area contributed by atoms with Gasteiger partial charge in [0.25, 0.3) is 0 Å². The Labute approximate surface area is 83.4 Å². The van der Waals surface area contributed by atoms with E-state index < -0.39 is 0 Å². The molecule has 0 aliphatic carbocycles. The van der Waals surface area contributed by atoms with Gasteiger partial charge in [0.2, 0.25) is 0 Å². The van der Waals surface area contributed by atoms with Crippen LogP contribution in [0.25, 0.3) is 10.3 Å². The van der Waals surface area contributed by atoms with Crippen LogP contribution in [0.2, 0.25) is 0 Å². The summed E-state index contributed by atoms with van der Waals surface area (Å²) >= 11 is 5.18. The van der Waals surface area contributed by atoms with Crippen molar-refractivity contribution >= 4 is 37.6 Å². The predicted molar refractivity (Wildman–Crippen MR) is 55.7 cm³/mol. The third-order valence-corrected chi connectivity index (χ3v) is 3.42. The highest BCUT2D eigenvalue weighted by Crippen LogP contribution is 2.30. The fraction of sp³-hybridized carbons (Fsp3) is 0.375. The first-order valence-corrected chi connectivity index (χ1v) is 5.41. The molecule has 0 N–H and O–H groups in total. The van der Waals surface area contributed by atoms with Gasteiger partial charge in [-0.05, 0) is 35.8 Å². The molecule has 4 heteroatoms. The number of fused-ring (bicyclic) bond motifs is 1. The van der Waals surface area contributed by atoms with Crippen LogP contribution in [-0.4, -0.2) is 9.55 Å². The molecular formula is C8H9BrN2S. The van der Waals surface area contributed by atoms with Gasteiger partial charge in [0.05, 0.1) is 10.1 Å². The van der Waals surface area contributed by atoms with Gasteiger partial charge in [-0.3, -0.25) is 0 Å². The van der Waals surface area contributed by atoms with Gasteiger partial charge in [-0.25, -0.2) is 4.98 Å². The summed E-state index contributed by atoms with van der Waals surface area (Å²) in [4.78, 5) is 5.55. The zero-order chi connectivity index (χ0) is 8.72. The molecule has 0 saturated heterocycles. The molecule has 0 unspecified atom stereocenters. The fourth-order valence-electron chi connectivity index (χ4n) is 1.17. The van der Waals surface area contributed by atoms with Crippen LogP contribution in [0.1, 0.15) is 19.9 Å².